The lowest BCUT2D eigenvalue weighted by Crippen LogP contribution is -1.99. The van der Waals surface area contributed by atoms with Gasteiger partial charge in [-0.05, 0) is 108 Å². The van der Waals surface area contributed by atoms with Gasteiger partial charge in [0.2, 0.25) is 0 Å². The molecule has 0 saturated carbocycles. The molecule has 4 nitrogen and oxygen atoms in total. The number of rotatable bonds is 10. The first kappa shape index (κ1) is 30.5. The maximum absolute atomic E-state index is 11.8. The molecule has 0 aliphatic rings. The van der Waals surface area contributed by atoms with E-state index in [0.717, 1.165) is 40.4 Å². The molecule has 7 rings (SSSR count). The SMILES string of the molecule is Cc1ccsc1-c1ccc(-c2sc(-c3ccc(-c4cc(C)c(-c5ccc(-c6sccc6CC(=O)O)s5)s4)s3)cc2CC(=O)O)s1. The fourth-order valence-corrected chi connectivity index (χ4v) is 13.2. The summed E-state index contributed by atoms with van der Waals surface area (Å²) in [6.45, 7) is 4.26. The average molecular weight is 721 g/mol. The number of carboxylic acid groups (broad SMARTS) is 2. The summed E-state index contributed by atoms with van der Waals surface area (Å²) in [6.07, 6.45) is 0.0244. The Morgan fingerprint density at radius 3 is 1.62 bits per heavy atom. The largest absolute Gasteiger partial charge is 0.481 e. The van der Waals surface area contributed by atoms with Gasteiger partial charge < -0.3 is 10.2 Å². The number of thiophene rings is 7. The Bertz CT molecular complexity index is 2170. The molecule has 11 heteroatoms. The van der Waals surface area contributed by atoms with Crippen molar-refractivity contribution in [2.75, 3.05) is 0 Å². The van der Waals surface area contributed by atoms with E-state index in [0.29, 0.717) is 0 Å². The summed E-state index contributed by atoms with van der Waals surface area (Å²) in [5.74, 6) is -1.64. The van der Waals surface area contributed by atoms with Crippen LogP contribution in [0.3, 0.4) is 0 Å². The van der Waals surface area contributed by atoms with Crippen molar-refractivity contribution in [1.82, 2.24) is 0 Å². The monoisotopic (exact) mass is 720 g/mol. The molecule has 226 valence electrons. The van der Waals surface area contributed by atoms with Gasteiger partial charge in [0.25, 0.3) is 0 Å². The number of carbonyl (C=O) groups is 2. The lowest BCUT2D eigenvalue weighted by Gasteiger charge is -1.98. The molecule has 0 atom stereocenters. The van der Waals surface area contributed by atoms with Crippen molar-refractivity contribution in [3.8, 4) is 58.5 Å². The summed E-state index contributed by atoms with van der Waals surface area (Å²) < 4.78 is 0. The summed E-state index contributed by atoms with van der Waals surface area (Å²) >= 11 is 11.9. The average Bonchev–Trinajstić information content (AvgIpc) is 3.82. The molecule has 0 unspecified atom stereocenters. The number of aryl methyl sites for hydroxylation is 2. The Hall–Kier alpha value is -3.16. The van der Waals surface area contributed by atoms with E-state index < -0.39 is 11.9 Å². The molecule has 45 heavy (non-hydrogen) atoms. The van der Waals surface area contributed by atoms with Crippen molar-refractivity contribution in [1.29, 1.82) is 0 Å². The standard InChI is InChI=1S/C34H24O4S7/c1-17-9-11-39-31(17)23-5-8-26(42-23)34-20(16-30(37)38)14-28(45-34)22-4-3-21(41-22)27-13-18(2)32(44-27)24-6-7-25(43-24)33-19(10-12-40-33)15-29(35)36/h3-14H,15-16H2,1-2H3,(H,35,36)(H,37,38). The van der Waals surface area contributed by atoms with Gasteiger partial charge in [-0.15, -0.1) is 79.4 Å². The van der Waals surface area contributed by atoms with Crippen LogP contribution in [0.15, 0.2) is 71.4 Å². The fraction of sp³-hybridized carbons (Fsp3) is 0.118. The summed E-state index contributed by atoms with van der Waals surface area (Å²) in [4.78, 5) is 36.9. The van der Waals surface area contributed by atoms with E-state index in [4.69, 9.17) is 0 Å². The van der Waals surface area contributed by atoms with Crippen molar-refractivity contribution < 1.29 is 19.8 Å². The second kappa shape index (κ2) is 12.6. The van der Waals surface area contributed by atoms with Gasteiger partial charge in [0.15, 0.2) is 0 Å². The lowest BCUT2D eigenvalue weighted by atomic mass is 10.1. The van der Waals surface area contributed by atoms with E-state index in [1.165, 1.54) is 40.4 Å². The second-order valence-corrected chi connectivity index (χ2v) is 17.6. The highest BCUT2D eigenvalue weighted by atomic mass is 32.1. The minimum atomic E-state index is -0.825. The number of carboxylic acids is 2. The molecule has 0 fully saturated rings. The zero-order chi connectivity index (χ0) is 31.2. The van der Waals surface area contributed by atoms with Crippen LogP contribution >= 0.6 is 79.4 Å². The molecule has 0 aliphatic heterocycles. The van der Waals surface area contributed by atoms with Gasteiger partial charge in [-0.1, -0.05) is 0 Å². The van der Waals surface area contributed by atoms with Gasteiger partial charge in [-0.25, -0.2) is 0 Å². The Morgan fingerprint density at radius 1 is 0.489 bits per heavy atom. The summed E-state index contributed by atoms with van der Waals surface area (Å²) in [6, 6.07) is 21.2. The zero-order valence-corrected chi connectivity index (χ0v) is 29.6. The van der Waals surface area contributed by atoms with E-state index in [9.17, 15) is 19.8 Å². The molecule has 0 spiro atoms. The molecule has 7 aromatic heterocycles. The molecule has 0 aromatic carbocycles. The topological polar surface area (TPSA) is 74.6 Å². The van der Waals surface area contributed by atoms with Crippen LogP contribution in [-0.2, 0) is 22.4 Å². The third-order valence-electron chi connectivity index (χ3n) is 7.22. The lowest BCUT2D eigenvalue weighted by molar-refractivity contribution is -0.137. The first-order valence-electron chi connectivity index (χ1n) is 13.8. The van der Waals surface area contributed by atoms with Crippen LogP contribution in [0.1, 0.15) is 22.3 Å². The third kappa shape index (κ3) is 6.18. The van der Waals surface area contributed by atoms with Crippen LogP contribution in [0.2, 0.25) is 0 Å². The normalized spacial score (nSPS) is 11.4. The zero-order valence-electron chi connectivity index (χ0n) is 23.9. The molecule has 2 N–H and O–H groups in total. The fourth-order valence-electron chi connectivity index (χ4n) is 5.15. The van der Waals surface area contributed by atoms with Crippen molar-refractivity contribution in [3.05, 3.63) is 93.7 Å². The van der Waals surface area contributed by atoms with Crippen molar-refractivity contribution in [2.24, 2.45) is 0 Å². The van der Waals surface area contributed by atoms with Crippen molar-refractivity contribution >= 4 is 91.3 Å². The summed E-state index contributed by atoms with van der Waals surface area (Å²) in [5.41, 5.74) is 4.19. The predicted molar refractivity (Wildman–Crippen MR) is 196 cm³/mol. The Kier molecular flexibility index (Phi) is 8.51. The Balaban J connectivity index is 1.17. The number of aliphatic carboxylic acids is 2. The molecule has 0 bridgehead atoms. The number of hydrogen-bond donors (Lipinski definition) is 2. The molecule has 0 amide bonds. The molecule has 7 heterocycles. The van der Waals surface area contributed by atoms with E-state index >= 15 is 0 Å². The van der Waals surface area contributed by atoms with E-state index in [1.807, 2.05) is 11.4 Å². The van der Waals surface area contributed by atoms with Gasteiger partial charge in [-0.3, -0.25) is 9.59 Å². The smallest absolute Gasteiger partial charge is 0.307 e. The summed E-state index contributed by atoms with van der Waals surface area (Å²) in [5, 5.41) is 23.0. The Labute approximate surface area is 287 Å². The van der Waals surface area contributed by atoms with Crippen LogP contribution in [0.25, 0.3) is 58.5 Å². The van der Waals surface area contributed by atoms with Crippen molar-refractivity contribution in [2.45, 2.75) is 26.7 Å². The van der Waals surface area contributed by atoms with E-state index in [2.05, 4.69) is 73.8 Å². The molecule has 0 aliphatic carbocycles. The van der Waals surface area contributed by atoms with Gasteiger partial charge >= 0.3 is 11.9 Å². The van der Waals surface area contributed by atoms with Gasteiger partial charge in [0, 0.05) is 58.5 Å². The van der Waals surface area contributed by atoms with Gasteiger partial charge in [0.1, 0.15) is 0 Å². The summed E-state index contributed by atoms with van der Waals surface area (Å²) in [7, 11) is 0. The maximum atomic E-state index is 11.8. The molecule has 7 aromatic rings. The minimum Gasteiger partial charge on any atom is -0.481 e. The van der Waals surface area contributed by atoms with Gasteiger partial charge in [-0.2, -0.15) is 0 Å². The van der Waals surface area contributed by atoms with Crippen molar-refractivity contribution in [3.63, 3.8) is 0 Å². The first-order valence-corrected chi connectivity index (χ1v) is 19.7. The predicted octanol–water partition coefficient (Wildman–Crippen LogP) is 12.0. The molecule has 0 radical (unpaired) electrons. The van der Waals surface area contributed by atoms with E-state index in [-0.39, 0.29) is 12.8 Å². The van der Waals surface area contributed by atoms with Crippen LogP contribution in [0.5, 0.6) is 0 Å². The van der Waals surface area contributed by atoms with Crippen LogP contribution in [0.4, 0.5) is 0 Å². The van der Waals surface area contributed by atoms with Crippen LogP contribution in [-0.4, -0.2) is 22.2 Å². The molecular formula is C34H24O4S7. The maximum Gasteiger partial charge on any atom is 0.307 e. The highest BCUT2D eigenvalue weighted by molar-refractivity contribution is 7.31. The first-order chi connectivity index (χ1) is 21.7. The highest BCUT2D eigenvalue weighted by Gasteiger charge is 2.20. The Morgan fingerprint density at radius 2 is 0.978 bits per heavy atom. The number of hydrogen-bond acceptors (Lipinski definition) is 9. The molecule has 0 saturated heterocycles. The van der Waals surface area contributed by atoms with Gasteiger partial charge in [0.05, 0.1) is 12.8 Å². The highest BCUT2D eigenvalue weighted by Crippen LogP contribution is 2.49. The van der Waals surface area contributed by atoms with E-state index in [1.54, 1.807) is 79.4 Å². The second-order valence-electron chi connectivity index (χ2n) is 10.4. The minimum absolute atomic E-state index is 0.00508. The van der Waals surface area contributed by atoms with Crippen LogP contribution < -0.4 is 0 Å². The van der Waals surface area contributed by atoms with Crippen LogP contribution in [0, 0.1) is 13.8 Å². The molecular weight excluding hydrogens is 697 g/mol. The quantitative estimate of drug-likeness (QED) is 0.147. The third-order valence-corrected chi connectivity index (χ3v) is 16.0.